The first kappa shape index (κ1) is 17.5. The molecule has 0 atom stereocenters. The molecule has 4 nitrogen and oxygen atoms in total. The van der Waals surface area contributed by atoms with Crippen LogP contribution in [-0.4, -0.2) is 16.9 Å². The molecule has 1 aliphatic rings. The predicted molar refractivity (Wildman–Crippen MR) is 97.3 cm³/mol. The summed E-state index contributed by atoms with van der Waals surface area (Å²) in [7, 11) is 0. The summed E-state index contributed by atoms with van der Waals surface area (Å²) in [5.74, 6) is 2.36. The van der Waals surface area contributed by atoms with Crippen LogP contribution in [0.25, 0.3) is 0 Å². The molecule has 1 aliphatic carbocycles. The maximum absolute atomic E-state index is 11.0. The smallest absolute Gasteiger partial charge is 0.219 e. The molecule has 3 rings (SSSR count). The summed E-state index contributed by atoms with van der Waals surface area (Å²) in [6, 6.07) is 11.7. The minimum Gasteiger partial charge on any atom is -0.489 e. The van der Waals surface area contributed by atoms with Crippen LogP contribution in [0.1, 0.15) is 51.0 Å². The number of rotatable bonds is 8. The topological polar surface area (TPSA) is 48.4 Å². The van der Waals surface area contributed by atoms with Gasteiger partial charge in [-0.25, -0.2) is 4.98 Å². The Morgan fingerprint density at radius 2 is 1.80 bits per heavy atom. The van der Waals surface area contributed by atoms with Gasteiger partial charge in [-0.05, 0) is 69.2 Å². The number of pyridine rings is 1. The van der Waals surface area contributed by atoms with Gasteiger partial charge in [-0.2, -0.15) is 0 Å². The highest BCUT2D eigenvalue weighted by atomic mass is 16.5. The molecule has 0 N–H and O–H groups in total. The van der Waals surface area contributed by atoms with E-state index in [-0.39, 0.29) is 5.78 Å². The third-order valence-corrected chi connectivity index (χ3v) is 4.45. The number of aryl methyl sites for hydroxylation is 1. The molecule has 4 heteroatoms. The molecule has 0 unspecified atom stereocenters. The first-order valence-corrected chi connectivity index (χ1v) is 9.08. The van der Waals surface area contributed by atoms with Crippen molar-refractivity contribution in [2.45, 2.75) is 58.0 Å². The molecule has 25 heavy (non-hydrogen) atoms. The Morgan fingerprint density at radius 3 is 2.44 bits per heavy atom. The van der Waals surface area contributed by atoms with E-state index < -0.39 is 0 Å². The summed E-state index contributed by atoms with van der Waals surface area (Å²) in [5.41, 5.74) is 1.21. The molecule has 1 heterocycles. The van der Waals surface area contributed by atoms with Crippen LogP contribution in [0.4, 0.5) is 0 Å². The molecular weight excluding hydrogens is 314 g/mol. The normalized spacial score (nSPS) is 14.4. The lowest BCUT2D eigenvalue weighted by Crippen LogP contribution is -2.10. The minimum absolute atomic E-state index is 0.242. The second-order valence-corrected chi connectivity index (χ2v) is 6.66. The van der Waals surface area contributed by atoms with Gasteiger partial charge >= 0.3 is 0 Å². The van der Waals surface area contributed by atoms with Gasteiger partial charge in [0.1, 0.15) is 17.3 Å². The van der Waals surface area contributed by atoms with E-state index in [1.165, 1.54) is 18.4 Å². The summed E-state index contributed by atoms with van der Waals surface area (Å²) < 4.78 is 11.7. The standard InChI is InChI=1S/C21H25NO3/c1-16(23)5-4-6-17-9-11-19(12-10-17)25-21-14-13-20(15-22-21)24-18-7-2-3-8-18/h9-15,18H,2-8H2,1H3. The van der Waals surface area contributed by atoms with E-state index >= 15 is 0 Å². The van der Waals surface area contributed by atoms with Crippen molar-refractivity contribution < 1.29 is 14.3 Å². The Labute approximate surface area is 149 Å². The third kappa shape index (κ3) is 5.59. The fourth-order valence-corrected chi connectivity index (χ4v) is 3.08. The van der Waals surface area contributed by atoms with E-state index in [0.717, 1.165) is 37.2 Å². The van der Waals surface area contributed by atoms with Crippen LogP contribution in [-0.2, 0) is 11.2 Å². The number of hydrogen-bond donors (Lipinski definition) is 0. The number of ether oxygens (including phenoxy) is 2. The maximum atomic E-state index is 11.0. The fraction of sp³-hybridized carbons (Fsp3) is 0.429. The lowest BCUT2D eigenvalue weighted by Gasteiger charge is -2.13. The van der Waals surface area contributed by atoms with Crippen molar-refractivity contribution in [2.24, 2.45) is 0 Å². The molecule has 1 aromatic carbocycles. The quantitative estimate of drug-likeness (QED) is 0.671. The van der Waals surface area contributed by atoms with E-state index in [2.05, 4.69) is 4.98 Å². The molecule has 0 saturated heterocycles. The first-order valence-electron chi connectivity index (χ1n) is 9.08. The molecule has 2 aromatic rings. The molecule has 0 aliphatic heterocycles. The second kappa shape index (κ2) is 8.65. The van der Waals surface area contributed by atoms with Crippen molar-refractivity contribution >= 4 is 5.78 Å². The van der Waals surface area contributed by atoms with Crippen LogP contribution in [0.2, 0.25) is 0 Å². The van der Waals surface area contributed by atoms with E-state index in [9.17, 15) is 4.79 Å². The average molecular weight is 339 g/mol. The minimum atomic E-state index is 0.242. The average Bonchev–Trinajstić information content (AvgIpc) is 3.11. The summed E-state index contributed by atoms with van der Waals surface area (Å²) in [6.45, 7) is 1.63. The highest BCUT2D eigenvalue weighted by Crippen LogP contribution is 2.26. The Balaban J connectivity index is 1.50. The fourth-order valence-electron chi connectivity index (χ4n) is 3.08. The molecule has 0 radical (unpaired) electrons. The largest absolute Gasteiger partial charge is 0.489 e. The number of carbonyl (C=O) groups excluding carboxylic acids is 1. The highest BCUT2D eigenvalue weighted by molar-refractivity contribution is 5.75. The number of hydrogen-bond acceptors (Lipinski definition) is 4. The van der Waals surface area contributed by atoms with Gasteiger partial charge in [0.15, 0.2) is 0 Å². The zero-order valence-corrected chi connectivity index (χ0v) is 14.7. The number of ketones is 1. The van der Waals surface area contributed by atoms with Crippen LogP contribution in [0, 0.1) is 0 Å². The first-order chi connectivity index (χ1) is 12.2. The lowest BCUT2D eigenvalue weighted by molar-refractivity contribution is -0.117. The summed E-state index contributed by atoms with van der Waals surface area (Å²) in [4.78, 5) is 15.3. The van der Waals surface area contributed by atoms with Gasteiger partial charge < -0.3 is 14.3 Å². The zero-order chi connectivity index (χ0) is 17.5. The van der Waals surface area contributed by atoms with Crippen LogP contribution in [0.15, 0.2) is 42.6 Å². The molecule has 0 amide bonds. The van der Waals surface area contributed by atoms with Gasteiger partial charge in [-0.3, -0.25) is 0 Å². The van der Waals surface area contributed by atoms with Crippen LogP contribution >= 0.6 is 0 Å². The van der Waals surface area contributed by atoms with Gasteiger partial charge in [-0.15, -0.1) is 0 Å². The highest BCUT2D eigenvalue weighted by Gasteiger charge is 2.16. The molecule has 132 valence electrons. The number of carbonyl (C=O) groups is 1. The van der Waals surface area contributed by atoms with Crippen LogP contribution in [0.3, 0.4) is 0 Å². The summed E-state index contributed by atoms with van der Waals surface area (Å²) in [5, 5.41) is 0. The summed E-state index contributed by atoms with van der Waals surface area (Å²) >= 11 is 0. The van der Waals surface area contributed by atoms with Crippen LogP contribution in [0.5, 0.6) is 17.4 Å². The van der Waals surface area contributed by atoms with E-state index in [4.69, 9.17) is 9.47 Å². The van der Waals surface area contributed by atoms with Crippen LogP contribution < -0.4 is 9.47 Å². The van der Waals surface area contributed by atoms with Crippen molar-refractivity contribution in [1.29, 1.82) is 0 Å². The molecule has 1 saturated carbocycles. The van der Waals surface area contributed by atoms with Gasteiger partial charge in [0.05, 0.1) is 12.3 Å². The number of Topliss-reactive ketones (excluding diaryl/α,β-unsaturated/α-hetero) is 1. The Kier molecular flexibility index (Phi) is 6.04. The van der Waals surface area contributed by atoms with E-state index in [0.29, 0.717) is 18.4 Å². The Morgan fingerprint density at radius 1 is 1.08 bits per heavy atom. The van der Waals surface area contributed by atoms with Crippen molar-refractivity contribution in [3.63, 3.8) is 0 Å². The number of benzene rings is 1. The van der Waals surface area contributed by atoms with E-state index in [1.54, 1.807) is 13.1 Å². The van der Waals surface area contributed by atoms with Gasteiger partial charge in [0.25, 0.3) is 0 Å². The SMILES string of the molecule is CC(=O)CCCc1ccc(Oc2ccc(OC3CCCC3)cn2)cc1. The van der Waals surface area contributed by atoms with Crippen molar-refractivity contribution in [2.75, 3.05) is 0 Å². The molecule has 0 bridgehead atoms. The van der Waals surface area contributed by atoms with Gasteiger partial charge in [0.2, 0.25) is 5.88 Å². The van der Waals surface area contributed by atoms with Crippen molar-refractivity contribution in [3.8, 4) is 17.4 Å². The second-order valence-electron chi connectivity index (χ2n) is 6.66. The van der Waals surface area contributed by atoms with Gasteiger partial charge in [-0.1, -0.05) is 12.1 Å². The number of aromatic nitrogens is 1. The number of nitrogens with zero attached hydrogens (tertiary/aromatic N) is 1. The Hall–Kier alpha value is -2.36. The molecule has 1 fully saturated rings. The Bertz CT molecular complexity index is 673. The zero-order valence-electron chi connectivity index (χ0n) is 14.7. The third-order valence-electron chi connectivity index (χ3n) is 4.45. The molecule has 0 spiro atoms. The van der Waals surface area contributed by atoms with Crippen molar-refractivity contribution in [1.82, 2.24) is 4.98 Å². The summed E-state index contributed by atoms with van der Waals surface area (Å²) in [6.07, 6.45) is 9.28. The van der Waals surface area contributed by atoms with Gasteiger partial charge in [0, 0.05) is 12.5 Å². The monoisotopic (exact) mass is 339 g/mol. The molecule has 1 aromatic heterocycles. The lowest BCUT2D eigenvalue weighted by atomic mass is 10.1. The maximum Gasteiger partial charge on any atom is 0.219 e. The molecular formula is C21H25NO3. The van der Waals surface area contributed by atoms with Crippen molar-refractivity contribution in [3.05, 3.63) is 48.2 Å². The predicted octanol–water partition coefficient (Wildman–Crippen LogP) is 5.11. The van der Waals surface area contributed by atoms with E-state index in [1.807, 2.05) is 36.4 Å².